The second kappa shape index (κ2) is 5.16. The lowest BCUT2D eigenvalue weighted by Crippen LogP contribution is -2.13. The van der Waals surface area contributed by atoms with E-state index < -0.39 is 0 Å². The molecular formula is C12H12BrN3OS. The fourth-order valence-corrected chi connectivity index (χ4v) is 2.96. The number of rotatable bonds is 2. The van der Waals surface area contributed by atoms with Crippen molar-refractivity contribution in [3.05, 3.63) is 38.3 Å². The second-order valence-electron chi connectivity index (χ2n) is 4.06. The number of carbonyl (C=O) groups is 1. The van der Waals surface area contributed by atoms with Crippen LogP contribution in [0.1, 0.15) is 26.5 Å². The molecule has 1 heterocycles. The average Bonchev–Trinajstić information content (AvgIpc) is 2.69. The number of nitrogens with zero attached hydrogens (tertiary/aromatic N) is 2. The summed E-state index contributed by atoms with van der Waals surface area (Å²) in [7, 11) is 0. The predicted octanol–water partition coefficient (Wildman–Crippen LogP) is 3.48. The van der Waals surface area contributed by atoms with Crippen LogP contribution in [0.15, 0.2) is 16.6 Å². The quantitative estimate of drug-likeness (QED) is 0.919. The van der Waals surface area contributed by atoms with E-state index in [2.05, 4.69) is 30.8 Å². The van der Waals surface area contributed by atoms with Crippen LogP contribution in [0.5, 0.6) is 0 Å². The Hall–Kier alpha value is -1.27. The Bertz CT molecular complexity index is 586. The van der Waals surface area contributed by atoms with Gasteiger partial charge in [-0.2, -0.15) is 0 Å². The Labute approximate surface area is 118 Å². The molecule has 1 N–H and O–H groups in total. The molecule has 0 unspecified atom stereocenters. The molecule has 0 atom stereocenters. The molecule has 2 aromatic rings. The minimum Gasteiger partial charge on any atom is -0.321 e. The third kappa shape index (κ3) is 2.59. The number of anilines is 1. The molecule has 0 spiro atoms. The standard InChI is InChI=1S/C12H12BrN3OS/c1-6-4-9(13)5-7(2)10(6)14-12(17)11-8(3)15-16-18-11/h4-5H,1-3H3,(H,14,17). The first-order valence-corrected chi connectivity index (χ1v) is 6.92. The van der Waals surface area contributed by atoms with E-state index >= 15 is 0 Å². The summed E-state index contributed by atoms with van der Waals surface area (Å²) in [6, 6.07) is 3.95. The molecule has 18 heavy (non-hydrogen) atoms. The third-order valence-corrected chi connectivity index (χ3v) is 3.88. The van der Waals surface area contributed by atoms with E-state index in [9.17, 15) is 4.79 Å². The van der Waals surface area contributed by atoms with Crippen LogP contribution in [0.25, 0.3) is 0 Å². The van der Waals surface area contributed by atoms with Crippen molar-refractivity contribution < 1.29 is 4.79 Å². The number of aryl methyl sites for hydroxylation is 3. The lowest BCUT2D eigenvalue weighted by Gasteiger charge is -2.11. The van der Waals surface area contributed by atoms with E-state index in [-0.39, 0.29) is 5.91 Å². The summed E-state index contributed by atoms with van der Waals surface area (Å²) in [5, 5.41) is 6.76. The highest BCUT2D eigenvalue weighted by atomic mass is 79.9. The van der Waals surface area contributed by atoms with E-state index in [0.29, 0.717) is 10.6 Å². The summed E-state index contributed by atoms with van der Waals surface area (Å²) in [5.41, 5.74) is 3.54. The zero-order chi connectivity index (χ0) is 13.3. The molecule has 1 aromatic carbocycles. The van der Waals surface area contributed by atoms with Crippen molar-refractivity contribution in [3.8, 4) is 0 Å². The summed E-state index contributed by atoms with van der Waals surface area (Å²) in [6.45, 7) is 5.70. The average molecular weight is 326 g/mol. The minimum absolute atomic E-state index is 0.156. The van der Waals surface area contributed by atoms with Gasteiger partial charge in [0.2, 0.25) is 0 Å². The van der Waals surface area contributed by atoms with Crippen molar-refractivity contribution in [2.75, 3.05) is 5.32 Å². The van der Waals surface area contributed by atoms with E-state index in [1.54, 1.807) is 6.92 Å². The Balaban J connectivity index is 2.31. The maximum atomic E-state index is 12.1. The third-order valence-electron chi connectivity index (χ3n) is 2.59. The molecule has 0 fully saturated rings. The van der Waals surface area contributed by atoms with Crippen molar-refractivity contribution in [1.29, 1.82) is 0 Å². The van der Waals surface area contributed by atoms with Crippen LogP contribution in [0, 0.1) is 20.8 Å². The maximum Gasteiger partial charge on any atom is 0.269 e. The van der Waals surface area contributed by atoms with Crippen molar-refractivity contribution in [2.24, 2.45) is 0 Å². The number of nitrogens with one attached hydrogen (secondary N) is 1. The zero-order valence-electron chi connectivity index (χ0n) is 10.2. The Morgan fingerprint density at radius 2 is 1.89 bits per heavy atom. The number of amides is 1. The molecule has 0 saturated carbocycles. The highest BCUT2D eigenvalue weighted by Crippen LogP contribution is 2.26. The van der Waals surface area contributed by atoms with Gasteiger partial charge in [0, 0.05) is 10.2 Å². The van der Waals surface area contributed by atoms with Gasteiger partial charge in [-0.15, -0.1) is 5.10 Å². The summed E-state index contributed by atoms with van der Waals surface area (Å²) in [4.78, 5) is 12.6. The maximum absolute atomic E-state index is 12.1. The van der Waals surface area contributed by atoms with Gasteiger partial charge in [0.15, 0.2) is 0 Å². The summed E-state index contributed by atoms with van der Waals surface area (Å²) < 4.78 is 4.77. The van der Waals surface area contributed by atoms with Crippen molar-refractivity contribution in [3.63, 3.8) is 0 Å². The number of benzene rings is 1. The molecule has 94 valence electrons. The van der Waals surface area contributed by atoms with Gasteiger partial charge in [-0.3, -0.25) is 4.79 Å². The van der Waals surface area contributed by atoms with Crippen molar-refractivity contribution >= 4 is 39.1 Å². The van der Waals surface area contributed by atoms with Gasteiger partial charge in [-0.1, -0.05) is 20.4 Å². The van der Waals surface area contributed by atoms with Crippen LogP contribution in [-0.4, -0.2) is 15.5 Å². The molecule has 4 nitrogen and oxygen atoms in total. The van der Waals surface area contributed by atoms with Gasteiger partial charge in [0.1, 0.15) is 4.88 Å². The van der Waals surface area contributed by atoms with E-state index in [1.165, 1.54) is 0 Å². The molecule has 2 rings (SSSR count). The van der Waals surface area contributed by atoms with Gasteiger partial charge in [-0.25, -0.2) is 0 Å². The second-order valence-corrected chi connectivity index (χ2v) is 5.73. The molecule has 0 saturated heterocycles. The van der Waals surface area contributed by atoms with Gasteiger partial charge < -0.3 is 5.32 Å². The highest BCUT2D eigenvalue weighted by Gasteiger charge is 2.15. The van der Waals surface area contributed by atoms with Gasteiger partial charge in [0.05, 0.1) is 5.69 Å². The minimum atomic E-state index is -0.156. The number of hydrogen-bond acceptors (Lipinski definition) is 4. The number of aromatic nitrogens is 2. The van der Waals surface area contributed by atoms with E-state index in [1.807, 2.05) is 26.0 Å². The number of halogens is 1. The molecule has 1 amide bonds. The Morgan fingerprint density at radius 1 is 1.28 bits per heavy atom. The summed E-state index contributed by atoms with van der Waals surface area (Å²) in [6.07, 6.45) is 0. The highest BCUT2D eigenvalue weighted by molar-refractivity contribution is 9.10. The first kappa shape index (κ1) is 13.2. The molecule has 6 heteroatoms. The lowest BCUT2D eigenvalue weighted by molar-refractivity contribution is 0.102. The number of hydrogen-bond donors (Lipinski definition) is 1. The first-order chi connectivity index (χ1) is 8.49. The summed E-state index contributed by atoms with van der Waals surface area (Å²) in [5.74, 6) is -0.156. The van der Waals surface area contributed by atoms with Crippen LogP contribution >= 0.6 is 27.5 Å². The van der Waals surface area contributed by atoms with Crippen LogP contribution in [-0.2, 0) is 0 Å². The SMILES string of the molecule is Cc1cc(Br)cc(C)c1NC(=O)c1snnc1C. The molecule has 0 aliphatic carbocycles. The lowest BCUT2D eigenvalue weighted by atomic mass is 10.1. The van der Waals surface area contributed by atoms with E-state index in [4.69, 9.17) is 0 Å². The van der Waals surface area contributed by atoms with Crippen LogP contribution in [0.4, 0.5) is 5.69 Å². The van der Waals surface area contributed by atoms with Crippen LogP contribution in [0.2, 0.25) is 0 Å². The monoisotopic (exact) mass is 325 g/mol. The van der Waals surface area contributed by atoms with Crippen molar-refractivity contribution in [2.45, 2.75) is 20.8 Å². The molecule has 0 radical (unpaired) electrons. The number of carbonyl (C=O) groups excluding carboxylic acids is 1. The molecule has 0 aliphatic rings. The van der Waals surface area contributed by atoms with E-state index in [0.717, 1.165) is 32.8 Å². The topological polar surface area (TPSA) is 54.9 Å². The first-order valence-electron chi connectivity index (χ1n) is 5.36. The van der Waals surface area contributed by atoms with Gasteiger partial charge >= 0.3 is 0 Å². The smallest absolute Gasteiger partial charge is 0.269 e. The summed E-state index contributed by atoms with van der Waals surface area (Å²) >= 11 is 4.54. The fourth-order valence-electron chi connectivity index (χ4n) is 1.72. The predicted molar refractivity (Wildman–Crippen MR) is 76.2 cm³/mol. The molecule has 0 bridgehead atoms. The molecule has 1 aromatic heterocycles. The normalized spacial score (nSPS) is 10.4. The van der Waals surface area contributed by atoms with Gasteiger partial charge in [-0.05, 0) is 55.6 Å². The Morgan fingerprint density at radius 3 is 2.39 bits per heavy atom. The fraction of sp³-hybridized carbons (Fsp3) is 0.250. The molecular weight excluding hydrogens is 314 g/mol. The molecule has 0 aliphatic heterocycles. The van der Waals surface area contributed by atoms with Crippen LogP contribution < -0.4 is 5.32 Å². The zero-order valence-corrected chi connectivity index (χ0v) is 12.6. The van der Waals surface area contributed by atoms with Crippen molar-refractivity contribution in [1.82, 2.24) is 9.59 Å². The van der Waals surface area contributed by atoms with Crippen LogP contribution in [0.3, 0.4) is 0 Å². The van der Waals surface area contributed by atoms with Gasteiger partial charge in [0.25, 0.3) is 5.91 Å². The Kier molecular flexibility index (Phi) is 3.77. The largest absolute Gasteiger partial charge is 0.321 e.